The highest BCUT2D eigenvalue weighted by atomic mass is 35.5. The Labute approximate surface area is 172 Å². The summed E-state index contributed by atoms with van der Waals surface area (Å²) in [7, 11) is 3.90. The summed E-state index contributed by atoms with van der Waals surface area (Å²) >= 11 is 6.02. The molecule has 0 unspecified atom stereocenters. The Morgan fingerprint density at radius 1 is 0.750 bits per heavy atom. The third kappa shape index (κ3) is 3.93. The van der Waals surface area contributed by atoms with E-state index in [0.29, 0.717) is 17.0 Å². The van der Waals surface area contributed by atoms with Gasteiger partial charge in [0.15, 0.2) is 5.15 Å². The van der Waals surface area contributed by atoms with E-state index < -0.39 is 0 Å². The Hall–Kier alpha value is -2.33. The summed E-state index contributed by atoms with van der Waals surface area (Å²) in [6.07, 6.45) is 0. The second kappa shape index (κ2) is 7.96. The summed E-state index contributed by atoms with van der Waals surface area (Å²) in [5.41, 5.74) is 6.09. The van der Waals surface area contributed by atoms with E-state index in [-0.39, 0.29) is 0 Å². The van der Waals surface area contributed by atoms with Crippen molar-refractivity contribution in [1.29, 1.82) is 0 Å². The number of aryl methyl sites for hydroxylation is 3. The van der Waals surface area contributed by atoms with Gasteiger partial charge in [-0.2, -0.15) is 10.2 Å². The van der Waals surface area contributed by atoms with Gasteiger partial charge in [-0.3, -0.25) is 9.36 Å². The molecule has 0 fully saturated rings. The van der Waals surface area contributed by atoms with Crippen molar-refractivity contribution < 1.29 is 0 Å². The number of nitrogens with zero attached hydrogens (tertiary/aromatic N) is 4. The van der Waals surface area contributed by atoms with E-state index in [1.165, 1.54) is 22.0 Å². The van der Waals surface area contributed by atoms with E-state index in [1.807, 2.05) is 23.5 Å². The van der Waals surface area contributed by atoms with Crippen molar-refractivity contribution in [3.05, 3.63) is 58.4 Å². The lowest BCUT2D eigenvalue weighted by Crippen LogP contribution is -1.90. The molecule has 2 aromatic heterocycles. The molecular weight excluding hydrogens is 368 g/mol. The Bertz CT molecular complexity index is 1030. The second-order valence-corrected chi connectivity index (χ2v) is 8.34. The fourth-order valence-corrected chi connectivity index (χ4v) is 3.68. The van der Waals surface area contributed by atoms with Crippen LogP contribution in [0.15, 0.2) is 36.4 Å². The Morgan fingerprint density at radius 3 is 1.75 bits per heavy atom. The fraction of sp³-hybridized carbons (Fsp3) is 0.391. The molecule has 4 nitrogen and oxygen atoms in total. The van der Waals surface area contributed by atoms with E-state index in [0.717, 1.165) is 16.6 Å². The van der Waals surface area contributed by atoms with Crippen LogP contribution in [0.1, 0.15) is 56.4 Å². The fourth-order valence-electron chi connectivity index (χ4n) is 3.42. The summed E-state index contributed by atoms with van der Waals surface area (Å²) < 4.78 is 3.75. The predicted molar refractivity (Wildman–Crippen MR) is 119 cm³/mol. The lowest BCUT2D eigenvalue weighted by molar-refractivity contribution is 0.783. The Morgan fingerprint density at radius 2 is 1.21 bits per heavy atom. The average molecular weight is 397 g/mol. The van der Waals surface area contributed by atoms with Crippen LogP contribution in [0.5, 0.6) is 0 Å². The molecule has 0 bridgehead atoms. The molecule has 0 aliphatic rings. The van der Waals surface area contributed by atoms with Gasteiger partial charge >= 0.3 is 0 Å². The van der Waals surface area contributed by atoms with Crippen LogP contribution >= 0.6 is 11.6 Å². The zero-order valence-electron chi connectivity index (χ0n) is 17.8. The van der Waals surface area contributed by atoms with Crippen LogP contribution in [0.25, 0.3) is 21.8 Å². The second-order valence-electron chi connectivity index (χ2n) is 7.99. The van der Waals surface area contributed by atoms with Crippen LogP contribution in [-0.2, 0) is 14.1 Å². The zero-order chi connectivity index (χ0) is 20.6. The third-order valence-electron chi connectivity index (χ3n) is 5.22. The first-order valence-corrected chi connectivity index (χ1v) is 10.1. The van der Waals surface area contributed by atoms with Gasteiger partial charge < -0.3 is 0 Å². The van der Waals surface area contributed by atoms with Gasteiger partial charge in [-0.25, -0.2) is 0 Å². The number of hydrogen-bond donors (Lipinski definition) is 0. The van der Waals surface area contributed by atoms with E-state index in [4.69, 9.17) is 11.6 Å². The average Bonchev–Trinajstić information content (AvgIpc) is 3.10. The molecular formula is C23H29ClN4. The maximum absolute atomic E-state index is 6.02. The topological polar surface area (TPSA) is 35.6 Å². The monoisotopic (exact) mass is 396 g/mol. The third-order valence-corrected chi connectivity index (χ3v) is 5.50. The lowest BCUT2D eigenvalue weighted by atomic mass is 10.0. The molecule has 4 aromatic rings. The minimum absolute atomic E-state index is 0.524. The normalized spacial score (nSPS) is 11.5. The SMILES string of the molecule is CC(C)c1ccc2c(c1)c(Cl)nn2C.Cc1nn(C)c2ccc(C(C)C)cc12. The van der Waals surface area contributed by atoms with Crippen molar-refractivity contribution in [3.63, 3.8) is 0 Å². The van der Waals surface area contributed by atoms with E-state index in [9.17, 15) is 0 Å². The summed E-state index contributed by atoms with van der Waals surface area (Å²) in [6, 6.07) is 12.9. The minimum atomic E-state index is 0.524. The molecule has 0 aliphatic carbocycles. The Kier molecular flexibility index (Phi) is 5.80. The van der Waals surface area contributed by atoms with Crippen LogP contribution in [-0.4, -0.2) is 19.6 Å². The van der Waals surface area contributed by atoms with Crippen LogP contribution in [0.3, 0.4) is 0 Å². The van der Waals surface area contributed by atoms with Gasteiger partial charge in [0.2, 0.25) is 0 Å². The van der Waals surface area contributed by atoms with Crippen molar-refractivity contribution in [1.82, 2.24) is 19.6 Å². The first-order chi connectivity index (χ1) is 13.2. The molecule has 0 saturated heterocycles. The summed E-state index contributed by atoms with van der Waals surface area (Å²) in [6.45, 7) is 10.8. The van der Waals surface area contributed by atoms with Gasteiger partial charge in [0.05, 0.1) is 16.7 Å². The number of halogens is 1. The predicted octanol–water partition coefficient (Wildman–Crippen LogP) is 6.36. The molecule has 0 radical (unpaired) electrons. The molecule has 4 rings (SSSR count). The lowest BCUT2D eigenvalue weighted by Gasteiger charge is -2.04. The van der Waals surface area contributed by atoms with Crippen LogP contribution < -0.4 is 0 Å². The van der Waals surface area contributed by atoms with Crippen molar-refractivity contribution in [2.45, 2.75) is 46.5 Å². The number of aromatic nitrogens is 4. The molecule has 5 heteroatoms. The number of rotatable bonds is 2. The van der Waals surface area contributed by atoms with E-state index in [2.05, 4.69) is 81.2 Å². The molecule has 28 heavy (non-hydrogen) atoms. The zero-order valence-corrected chi connectivity index (χ0v) is 18.5. The van der Waals surface area contributed by atoms with Crippen molar-refractivity contribution in [2.24, 2.45) is 14.1 Å². The van der Waals surface area contributed by atoms with Gasteiger partial charge in [-0.1, -0.05) is 51.4 Å². The van der Waals surface area contributed by atoms with Gasteiger partial charge in [-0.15, -0.1) is 0 Å². The first-order valence-electron chi connectivity index (χ1n) is 9.74. The van der Waals surface area contributed by atoms with Crippen molar-refractivity contribution >= 4 is 33.4 Å². The number of hydrogen-bond acceptors (Lipinski definition) is 2. The molecule has 2 heterocycles. The smallest absolute Gasteiger partial charge is 0.158 e. The van der Waals surface area contributed by atoms with Crippen molar-refractivity contribution in [3.8, 4) is 0 Å². The molecule has 148 valence electrons. The molecule has 0 spiro atoms. The summed E-state index contributed by atoms with van der Waals surface area (Å²) in [5.74, 6) is 1.11. The molecule has 2 aromatic carbocycles. The standard InChI is InChI=1S/C12H16N2.C11H13ClN2/c1-8(2)10-5-6-12-11(7-10)9(3)13-14(12)4;1-7(2)8-4-5-10-9(6-8)11(12)13-14(10)3/h5-8H,1-4H3;4-7H,1-3H3. The molecule has 0 aliphatic heterocycles. The van der Waals surface area contributed by atoms with E-state index >= 15 is 0 Å². The van der Waals surface area contributed by atoms with E-state index in [1.54, 1.807) is 0 Å². The molecule has 0 atom stereocenters. The van der Waals surface area contributed by atoms with Crippen LogP contribution in [0.4, 0.5) is 0 Å². The van der Waals surface area contributed by atoms with Crippen molar-refractivity contribution in [2.75, 3.05) is 0 Å². The molecule has 0 N–H and O–H groups in total. The quantitative estimate of drug-likeness (QED) is 0.395. The highest BCUT2D eigenvalue weighted by molar-refractivity contribution is 6.34. The van der Waals surface area contributed by atoms with Crippen LogP contribution in [0.2, 0.25) is 5.15 Å². The highest BCUT2D eigenvalue weighted by Gasteiger charge is 2.08. The maximum Gasteiger partial charge on any atom is 0.158 e. The number of fused-ring (bicyclic) bond motifs is 2. The van der Waals surface area contributed by atoms with Gasteiger partial charge in [-0.05, 0) is 54.2 Å². The van der Waals surface area contributed by atoms with Gasteiger partial charge in [0, 0.05) is 24.9 Å². The first kappa shape index (κ1) is 20.4. The largest absolute Gasteiger partial charge is 0.268 e. The van der Waals surface area contributed by atoms with Gasteiger partial charge in [0.25, 0.3) is 0 Å². The van der Waals surface area contributed by atoms with Gasteiger partial charge in [0.1, 0.15) is 0 Å². The Balaban J connectivity index is 0.000000161. The minimum Gasteiger partial charge on any atom is -0.268 e. The summed E-state index contributed by atoms with van der Waals surface area (Å²) in [5, 5.41) is 11.5. The molecule has 0 saturated carbocycles. The summed E-state index contributed by atoms with van der Waals surface area (Å²) in [4.78, 5) is 0. The molecule has 0 amide bonds. The maximum atomic E-state index is 6.02. The van der Waals surface area contributed by atoms with Crippen LogP contribution in [0, 0.1) is 6.92 Å². The highest BCUT2D eigenvalue weighted by Crippen LogP contribution is 2.26. The number of benzene rings is 2.